The van der Waals surface area contributed by atoms with E-state index in [2.05, 4.69) is 11.9 Å². The minimum Gasteiger partial charge on any atom is -0.344 e. The van der Waals surface area contributed by atoms with Crippen molar-refractivity contribution in [3.8, 4) is 0 Å². The molecule has 1 heterocycles. The van der Waals surface area contributed by atoms with Crippen LogP contribution < -0.4 is 5.73 Å². The van der Waals surface area contributed by atoms with E-state index in [1.807, 2.05) is 14.0 Å². The molecule has 0 aromatic carbocycles. The van der Waals surface area contributed by atoms with E-state index in [4.69, 9.17) is 5.73 Å². The predicted octanol–water partition coefficient (Wildman–Crippen LogP) is 0.134. The van der Waals surface area contributed by atoms with Gasteiger partial charge in [-0.2, -0.15) is 0 Å². The molecule has 0 saturated carbocycles. The lowest BCUT2D eigenvalue weighted by Gasteiger charge is -2.23. The van der Waals surface area contributed by atoms with E-state index in [1.165, 1.54) is 6.42 Å². The number of hydrogen-bond acceptors (Lipinski definition) is 3. The second-order valence-corrected chi connectivity index (χ2v) is 4.65. The van der Waals surface area contributed by atoms with Gasteiger partial charge in [-0.15, -0.1) is 0 Å². The molecule has 1 aliphatic rings. The molecule has 0 spiro atoms. The Balaban J connectivity index is 2.35. The summed E-state index contributed by atoms with van der Waals surface area (Å²) in [5.41, 5.74) is 5.72. The summed E-state index contributed by atoms with van der Waals surface area (Å²) in [4.78, 5) is 15.8. The van der Waals surface area contributed by atoms with E-state index in [1.54, 1.807) is 4.90 Å². The van der Waals surface area contributed by atoms with Crippen molar-refractivity contribution in [1.29, 1.82) is 0 Å². The van der Waals surface area contributed by atoms with Crippen molar-refractivity contribution in [3.05, 3.63) is 0 Å². The van der Waals surface area contributed by atoms with E-state index >= 15 is 0 Å². The fourth-order valence-corrected chi connectivity index (χ4v) is 2.11. The number of carbonyl (C=O) groups is 1. The number of nitrogens with zero attached hydrogens (tertiary/aromatic N) is 2. The third-order valence-electron chi connectivity index (χ3n) is 3.15. The molecule has 1 fully saturated rings. The van der Waals surface area contributed by atoms with Crippen LogP contribution in [-0.2, 0) is 4.79 Å². The molecule has 4 heteroatoms. The quantitative estimate of drug-likeness (QED) is 0.722. The molecule has 1 rings (SSSR count). The van der Waals surface area contributed by atoms with Crippen LogP contribution in [0.25, 0.3) is 0 Å². The Morgan fingerprint density at radius 2 is 2.33 bits per heavy atom. The average Bonchev–Trinajstić information content (AvgIpc) is 2.61. The highest BCUT2D eigenvalue weighted by Gasteiger charge is 2.24. The smallest absolute Gasteiger partial charge is 0.239 e. The summed E-state index contributed by atoms with van der Waals surface area (Å²) in [6.07, 6.45) is 1.91. The summed E-state index contributed by atoms with van der Waals surface area (Å²) in [6, 6.07) is -0.325. The molecular weight excluding hydrogens is 190 g/mol. The van der Waals surface area contributed by atoms with Crippen LogP contribution in [-0.4, -0.2) is 55.5 Å². The summed E-state index contributed by atoms with van der Waals surface area (Å²) in [7, 11) is 3.98. The summed E-state index contributed by atoms with van der Waals surface area (Å²) in [6.45, 7) is 5.03. The highest BCUT2D eigenvalue weighted by molar-refractivity contribution is 5.81. The maximum atomic E-state index is 11.7. The predicted molar refractivity (Wildman–Crippen MR) is 61.5 cm³/mol. The van der Waals surface area contributed by atoms with E-state index in [0.717, 1.165) is 19.6 Å². The fraction of sp³-hybridized carbons (Fsp3) is 0.909. The molecule has 1 unspecified atom stereocenters. The van der Waals surface area contributed by atoms with Crippen LogP contribution in [0.4, 0.5) is 0 Å². The van der Waals surface area contributed by atoms with Gasteiger partial charge in [0.15, 0.2) is 0 Å². The van der Waals surface area contributed by atoms with E-state index in [0.29, 0.717) is 12.3 Å². The zero-order chi connectivity index (χ0) is 11.4. The highest BCUT2D eigenvalue weighted by atomic mass is 16.2. The zero-order valence-corrected chi connectivity index (χ0v) is 10.1. The summed E-state index contributed by atoms with van der Waals surface area (Å²) in [5, 5.41) is 0. The summed E-state index contributed by atoms with van der Waals surface area (Å²) in [5.74, 6) is 0.694. The van der Waals surface area contributed by atoms with Gasteiger partial charge < -0.3 is 15.5 Å². The van der Waals surface area contributed by atoms with Gasteiger partial charge in [-0.3, -0.25) is 4.79 Å². The number of amides is 1. The lowest BCUT2D eigenvalue weighted by atomic mass is 10.1. The Morgan fingerprint density at radius 3 is 2.80 bits per heavy atom. The number of likely N-dealkylation sites (tertiary alicyclic amines) is 1. The number of likely N-dealkylation sites (N-methyl/N-ethyl adjacent to an activating group) is 1. The molecule has 0 radical (unpaired) electrons. The van der Waals surface area contributed by atoms with E-state index in [-0.39, 0.29) is 11.9 Å². The van der Waals surface area contributed by atoms with Crippen molar-refractivity contribution in [3.63, 3.8) is 0 Å². The first kappa shape index (κ1) is 12.5. The van der Waals surface area contributed by atoms with Crippen LogP contribution >= 0.6 is 0 Å². The maximum Gasteiger partial charge on any atom is 0.239 e. The minimum atomic E-state index is -0.325. The van der Waals surface area contributed by atoms with Crippen LogP contribution in [0.3, 0.4) is 0 Å². The van der Waals surface area contributed by atoms with Gasteiger partial charge in [0.2, 0.25) is 5.91 Å². The zero-order valence-electron chi connectivity index (χ0n) is 10.1. The normalized spacial score (nSPS) is 24.1. The summed E-state index contributed by atoms with van der Waals surface area (Å²) >= 11 is 0. The minimum absolute atomic E-state index is 0.0760. The number of hydrogen-bond donors (Lipinski definition) is 1. The topological polar surface area (TPSA) is 49.6 Å². The third-order valence-corrected chi connectivity index (χ3v) is 3.15. The van der Waals surface area contributed by atoms with Gasteiger partial charge in [-0.1, -0.05) is 6.92 Å². The molecule has 0 aromatic rings. The Hall–Kier alpha value is -0.610. The van der Waals surface area contributed by atoms with Gasteiger partial charge in [-0.05, 0) is 32.4 Å². The number of nitrogens with two attached hydrogens (primary N) is 1. The third kappa shape index (κ3) is 3.47. The molecule has 88 valence electrons. The Kier molecular flexibility index (Phi) is 4.54. The average molecular weight is 213 g/mol. The van der Waals surface area contributed by atoms with Crippen molar-refractivity contribution in [2.24, 2.45) is 11.7 Å². The molecule has 0 aromatic heterocycles. The van der Waals surface area contributed by atoms with Gasteiger partial charge in [0.05, 0.1) is 6.04 Å². The Morgan fingerprint density at radius 1 is 1.67 bits per heavy atom. The molecule has 1 aliphatic heterocycles. The monoisotopic (exact) mass is 213 g/mol. The first-order valence-corrected chi connectivity index (χ1v) is 5.73. The lowest BCUT2D eigenvalue weighted by Crippen LogP contribution is -2.43. The molecule has 2 N–H and O–H groups in total. The van der Waals surface area contributed by atoms with Gasteiger partial charge in [0.25, 0.3) is 0 Å². The number of carbonyl (C=O) groups excluding carboxylic acids is 1. The van der Waals surface area contributed by atoms with E-state index < -0.39 is 0 Å². The molecule has 1 amide bonds. The van der Waals surface area contributed by atoms with Crippen molar-refractivity contribution in [2.75, 3.05) is 33.7 Å². The van der Waals surface area contributed by atoms with Crippen LogP contribution in [0.1, 0.15) is 19.8 Å². The standard InChI is InChI=1S/C11H23N3O/c1-4-10(12)11(15)14(3)8-9-5-6-13(2)7-9/h9-10H,4-8,12H2,1-3H3/t9?,10-/m0/s1. The van der Waals surface area contributed by atoms with Crippen molar-refractivity contribution in [2.45, 2.75) is 25.8 Å². The van der Waals surface area contributed by atoms with Crippen LogP contribution in [0.5, 0.6) is 0 Å². The molecule has 1 saturated heterocycles. The first-order chi connectivity index (χ1) is 7.04. The molecule has 15 heavy (non-hydrogen) atoms. The number of rotatable bonds is 4. The Bertz CT molecular complexity index is 220. The van der Waals surface area contributed by atoms with E-state index in [9.17, 15) is 4.79 Å². The van der Waals surface area contributed by atoms with Crippen LogP contribution in [0, 0.1) is 5.92 Å². The van der Waals surface area contributed by atoms with Crippen molar-refractivity contribution < 1.29 is 4.79 Å². The van der Waals surface area contributed by atoms with Gasteiger partial charge in [0.1, 0.15) is 0 Å². The second-order valence-electron chi connectivity index (χ2n) is 4.65. The second kappa shape index (κ2) is 5.47. The molecule has 4 nitrogen and oxygen atoms in total. The molecule has 0 aliphatic carbocycles. The maximum absolute atomic E-state index is 11.7. The van der Waals surface area contributed by atoms with Crippen LogP contribution in [0.15, 0.2) is 0 Å². The first-order valence-electron chi connectivity index (χ1n) is 5.73. The van der Waals surface area contributed by atoms with Gasteiger partial charge in [-0.25, -0.2) is 0 Å². The Labute approximate surface area is 92.4 Å². The largest absolute Gasteiger partial charge is 0.344 e. The van der Waals surface area contributed by atoms with Gasteiger partial charge in [0, 0.05) is 20.1 Å². The molecule has 2 atom stereocenters. The lowest BCUT2D eigenvalue weighted by molar-refractivity contribution is -0.131. The SMILES string of the molecule is CC[C@H](N)C(=O)N(C)CC1CCN(C)C1. The molecular formula is C11H23N3O. The van der Waals surface area contributed by atoms with Crippen molar-refractivity contribution >= 4 is 5.91 Å². The fourth-order valence-electron chi connectivity index (χ4n) is 2.11. The highest BCUT2D eigenvalue weighted by Crippen LogP contribution is 2.15. The van der Waals surface area contributed by atoms with Crippen molar-refractivity contribution in [1.82, 2.24) is 9.80 Å². The summed E-state index contributed by atoms with van der Waals surface area (Å²) < 4.78 is 0. The van der Waals surface area contributed by atoms with Crippen LogP contribution in [0.2, 0.25) is 0 Å². The molecule has 0 bridgehead atoms. The van der Waals surface area contributed by atoms with Gasteiger partial charge >= 0.3 is 0 Å².